The molecule has 0 spiro atoms. The molecule has 1 aliphatic rings. The highest BCUT2D eigenvalue weighted by molar-refractivity contribution is 5.87. The minimum atomic E-state index is 0.912. The number of fused-ring (bicyclic) bond motifs is 1. The minimum absolute atomic E-state index is 0.912. The number of hydrogen-bond acceptors (Lipinski definition) is 3. The first-order valence-corrected chi connectivity index (χ1v) is 5.13. The zero-order valence-corrected chi connectivity index (χ0v) is 8.35. The smallest absolute Gasteiger partial charge is 0.142 e. The fourth-order valence-electron chi connectivity index (χ4n) is 1.94. The zero-order chi connectivity index (χ0) is 10.1. The Labute approximate surface area is 87.7 Å². The lowest BCUT2D eigenvalue weighted by atomic mass is 10.2. The Balaban J connectivity index is 2.09. The van der Waals surface area contributed by atoms with Crippen LogP contribution in [-0.2, 0) is 0 Å². The van der Waals surface area contributed by atoms with Crippen molar-refractivity contribution in [2.75, 3.05) is 18.0 Å². The Morgan fingerprint density at radius 3 is 3.13 bits per heavy atom. The molecule has 1 N–H and O–H groups in total. The van der Waals surface area contributed by atoms with Crippen LogP contribution in [0.3, 0.4) is 0 Å². The van der Waals surface area contributed by atoms with Crippen LogP contribution in [0.1, 0.15) is 6.42 Å². The van der Waals surface area contributed by atoms with Gasteiger partial charge < -0.3 is 9.88 Å². The van der Waals surface area contributed by atoms with Gasteiger partial charge in [0.1, 0.15) is 17.8 Å². The van der Waals surface area contributed by atoms with E-state index < -0.39 is 0 Å². The van der Waals surface area contributed by atoms with Crippen molar-refractivity contribution in [3.8, 4) is 0 Å². The fraction of sp³-hybridized carbons (Fsp3) is 0.273. The molecule has 0 fully saturated rings. The van der Waals surface area contributed by atoms with Gasteiger partial charge in [0.25, 0.3) is 0 Å². The summed E-state index contributed by atoms with van der Waals surface area (Å²) < 4.78 is 0. The normalized spacial score (nSPS) is 16.1. The molecule has 0 aliphatic carbocycles. The van der Waals surface area contributed by atoms with Gasteiger partial charge in [0.05, 0.1) is 5.39 Å². The van der Waals surface area contributed by atoms with E-state index in [2.05, 4.69) is 32.0 Å². The van der Waals surface area contributed by atoms with Crippen molar-refractivity contribution in [3.05, 3.63) is 30.7 Å². The van der Waals surface area contributed by atoms with E-state index in [1.807, 2.05) is 12.3 Å². The molecule has 0 atom stereocenters. The quantitative estimate of drug-likeness (QED) is 0.713. The fourth-order valence-corrected chi connectivity index (χ4v) is 1.94. The summed E-state index contributed by atoms with van der Waals surface area (Å²) in [6.45, 7) is 1.98. The second-order valence-electron chi connectivity index (χ2n) is 3.64. The van der Waals surface area contributed by atoms with Gasteiger partial charge in [-0.1, -0.05) is 12.2 Å². The molecule has 0 aromatic carbocycles. The van der Waals surface area contributed by atoms with Crippen LogP contribution in [0.25, 0.3) is 11.0 Å². The number of nitrogens with zero attached hydrogens (tertiary/aromatic N) is 3. The highest BCUT2D eigenvalue weighted by Gasteiger charge is 2.12. The van der Waals surface area contributed by atoms with Crippen molar-refractivity contribution in [1.82, 2.24) is 15.0 Å². The predicted molar refractivity (Wildman–Crippen MR) is 59.9 cm³/mol. The highest BCUT2D eigenvalue weighted by Crippen LogP contribution is 2.22. The molecule has 4 heteroatoms. The molecule has 0 amide bonds. The molecule has 0 saturated heterocycles. The Morgan fingerprint density at radius 2 is 2.27 bits per heavy atom. The summed E-state index contributed by atoms with van der Waals surface area (Å²) in [6.07, 6.45) is 9.02. The third-order valence-corrected chi connectivity index (χ3v) is 2.69. The molecule has 0 radical (unpaired) electrons. The standard InChI is InChI=1S/C11H12N4/c1-2-6-15(7-3-1)11-9-4-5-12-10(9)13-8-14-11/h1-2,4-5,8H,3,6-7H2,(H,12,13,14). The molecular formula is C11H12N4. The van der Waals surface area contributed by atoms with Gasteiger partial charge >= 0.3 is 0 Å². The van der Waals surface area contributed by atoms with E-state index in [9.17, 15) is 0 Å². The molecule has 3 heterocycles. The molecule has 0 saturated carbocycles. The molecule has 0 bridgehead atoms. The van der Waals surface area contributed by atoms with Gasteiger partial charge in [-0.15, -0.1) is 0 Å². The minimum Gasteiger partial charge on any atom is -0.352 e. The number of rotatable bonds is 1. The molecule has 2 aromatic rings. The molecular weight excluding hydrogens is 188 g/mol. The van der Waals surface area contributed by atoms with E-state index in [1.165, 1.54) is 0 Å². The van der Waals surface area contributed by atoms with Crippen molar-refractivity contribution < 1.29 is 0 Å². The van der Waals surface area contributed by atoms with E-state index in [4.69, 9.17) is 0 Å². The topological polar surface area (TPSA) is 44.8 Å². The van der Waals surface area contributed by atoms with E-state index >= 15 is 0 Å². The van der Waals surface area contributed by atoms with Gasteiger partial charge in [-0.3, -0.25) is 0 Å². The number of nitrogens with one attached hydrogen (secondary N) is 1. The van der Waals surface area contributed by atoms with Crippen LogP contribution in [-0.4, -0.2) is 28.0 Å². The number of H-pyrrole nitrogens is 1. The predicted octanol–water partition coefficient (Wildman–Crippen LogP) is 1.72. The second kappa shape index (κ2) is 3.38. The molecule has 0 unspecified atom stereocenters. The maximum absolute atomic E-state index is 4.36. The second-order valence-corrected chi connectivity index (χ2v) is 3.64. The number of aromatic amines is 1. The van der Waals surface area contributed by atoms with Crippen LogP contribution in [0.4, 0.5) is 5.82 Å². The first-order valence-electron chi connectivity index (χ1n) is 5.13. The van der Waals surface area contributed by atoms with Crippen LogP contribution in [0.2, 0.25) is 0 Å². The molecule has 4 nitrogen and oxygen atoms in total. The Bertz CT molecular complexity index is 500. The van der Waals surface area contributed by atoms with Crippen LogP contribution >= 0.6 is 0 Å². The Morgan fingerprint density at radius 1 is 1.27 bits per heavy atom. The van der Waals surface area contributed by atoms with Crippen LogP contribution in [0.15, 0.2) is 30.7 Å². The summed E-state index contributed by atoms with van der Waals surface area (Å²) in [7, 11) is 0. The lowest BCUT2D eigenvalue weighted by Crippen LogP contribution is -2.27. The van der Waals surface area contributed by atoms with Gasteiger partial charge in [0, 0.05) is 19.3 Å². The van der Waals surface area contributed by atoms with Crippen molar-refractivity contribution in [2.24, 2.45) is 0 Å². The van der Waals surface area contributed by atoms with E-state index in [0.29, 0.717) is 0 Å². The number of aromatic nitrogens is 3. The van der Waals surface area contributed by atoms with Gasteiger partial charge in [-0.25, -0.2) is 9.97 Å². The molecule has 76 valence electrons. The van der Waals surface area contributed by atoms with Crippen molar-refractivity contribution in [1.29, 1.82) is 0 Å². The Kier molecular flexibility index (Phi) is 1.91. The van der Waals surface area contributed by atoms with Crippen molar-refractivity contribution in [2.45, 2.75) is 6.42 Å². The molecule has 3 rings (SSSR count). The van der Waals surface area contributed by atoms with Gasteiger partial charge in [0.2, 0.25) is 0 Å². The SMILES string of the molecule is C1=CCN(c2ncnc3[nH]ccc23)CC1. The average molecular weight is 200 g/mol. The third-order valence-electron chi connectivity index (χ3n) is 2.69. The van der Waals surface area contributed by atoms with Gasteiger partial charge in [-0.05, 0) is 12.5 Å². The summed E-state index contributed by atoms with van der Waals surface area (Å²) in [5, 5.41) is 1.10. The third kappa shape index (κ3) is 1.38. The zero-order valence-electron chi connectivity index (χ0n) is 8.35. The summed E-state index contributed by atoms with van der Waals surface area (Å²) in [6, 6.07) is 2.03. The maximum atomic E-state index is 4.36. The van der Waals surface area contributed by atoms with Crippen molar-refractivity contribution in [3.63, 3.8) is 0 Å². The largest absolute Gasteiger partial charge is 0.352 e. The summed E-state index contributed by atoms with van der Waals surface area (Å²) in [4.78, 5) is 13.9. The van der Waals surface area contributed by atoms with Gasteiger partial charge in [-0.2, -0.15) is 0 Å². The number of hydrogen-bond donors (Lipinski definition) is 1. The van der Waals surface area contributed by atoms with E-state index in [0.717, 1.165) is 36.4 Å². The summed E-state index contributed by atoms with van der Waals surface area (Å²) in [5.41, 5.74) is 0.912. The molecule has 1 aliphatic heterocycles. The highest BCUT2D eigenvalue weighted by atomic mass is 15.2. The van der Waals surface area contributed by atoms with Crippen molar-refractivity contribution >= 4 is 16.9 Å². The Hall–Kier alpha value is -1.84. The molecule has 2 aromatic heterocycles. The first kappa shape index (κ1) is 8.47. The molecule has 15 heavy (non-hydrogen) atoms. The van der Waals surface area contributed by atoms with E-state index in [1.54, 1.807) is 6.33 Å². The maximum Gasteiger partial charge on any atom is 0.142 e. The lowest BCUT2D eigenvalue weighted by Gasteiger charge is -2.24. The monoisotopic (exact) mass is 200 g/mol. The first-order chi connectivity index (χ1) is 7.45. The van der Waals surface area contributed by atoms with Gasteiger partial charge in [0.15, 0.2) is 0 Å². The van der Waals surface area contributed by atoms with Crippen LogP contribution in [0.5, 0.6) is 0 Å². The van der Waals surface area contributed by atoms with Crippen LogP contribution < -0.4 is 4.90 Å². The summed E-state index contributed by atoms with van der Waals surface area (Å²) >= 11 is 0. The number of anilines is 1. The summed E-state index contributed by atoms with van der Waals surface area (Å²) in [5.74, 6) is 1.03. The average Bonchev–Trinajstić information content (AvgIpc) is 2.78. The van der Waals surface area contributed by atoms with E-state index in [-0.39, 0.29) is 0 Å². The lowest BCUT2D eigenvalue weighted by molar-refractivity contribution is 0.808. The van der Waals surface area contributed by atoms with Crippen LogP contribution in [0, 0.1) is 0 Å².